The minimum Gasteiger partial charge on any atom is -0.348 e. The lowest BCUT2D eigenvalue weighted by Gasteiger charge is -2.38. The summed E-state index contributed by atoms with van der Waals surface area (Å²) < 4.78 is 0. The maximum Gasteiger partial charge on any atom is 0.154 e. The van der Waals surface area contributed by atoms with Crippen LogP contribution in [-0.2, 0) is 0 Å². The molecule has 0 saturated heterocycles. The van der Waals surface area contributed by atoms with Crippen LogP contribution in [0.4, 0.5) is 0 Å². The van der Waals surface area contributed by atoms with Crippen molar-refractivity contribution in [2.75, 3.05) is 0 Å². The number of amidine groups is 2. The van der Waals surface area contributed by atoms with E-state index < -0.39 is 0 Å². The molecule has 0 bridgehead atoms. The number of fused-ring (bicyclic) bond motifs is 1. The molecule has 0 saturated carbocycles. The van der Waals surface area contributed by atoms with E-state index in [0.29, 0.717) is 35.5 Å². The van der Waals surface area contributed by atoms with Gasteiger partial charge in [0.1, 0.15) is 12.0 Å². The van der Waals surface area contributed by atoms with Crippen molar-refractivity contribution in [3.63, 3.8) is 0 Å². The summed E-state index contributed by atoms with van der Waals surface area (Å²) >= 11 is 0. The average Bonchev–Trinajstić information content (AvgIpc) is 3.32. The molecule has 2 aliphatic heterocycles. The number of hydrogen-bond acceptors (Lipinski definition) is 4. The molecule has 8 unspecified atom stereocenters. The molecule has 0 fully saturated rings. The van der Waals surface area contributed by atoms with Crippen molar-refractivity contribution < 1.29 is 0 Å². The monoisotopic (exact) mass is 769 g/mol. The summed E-state index contributed by atoms with van der Waals surface area (Å²) in [6.45, 7) is 0. The zero-order chi connectivity index (χ0) is 38.7. The van der Waals surface area contributed by atoms with E-state index >= 15 is 0 Å². The molecule has 10 aliphatic rings. The van der Waals surface area contributed by atoms with E-state index in [1.165, 1.54) is 104 Å². The van der Waals surface area contributed by atoms with Crippen molar-refractivity contribution in [3.05, 3.63) is 142 Å². The van der Waals surface area contributed by atoms with Crippen LogP contribution in [0.5, 0.6) is 0 Å². The second kappa shape index (κ2) is 17.5. The third-order valence-electron chi connectivity index (χ3n) is 15.3. The van der Waals surface area contributed by atoms with E-state index in [2.05, 4.69) is 109 Å². The van der Waals surface area contributed by atoms with Crippen LogP contribution in [0.3, 0.4) is 0 Å². The molecule has 8 atom stereocenters. The van der Waals surface area contributed by atoms with Crippen LogP contribution in [0, 0.1) is 41.4 Å². The quantitative estimate of drug-likeness (QED) is 0.246. The van der Waals surface area contributed by atoms with Crippen molar-refractivity contribution in [1.82, 2.24) is 5.32 Å². The smallest absolute Gasteiger partial charge is 0.154 e. The highest BCUT2D eigenvalue weighted by atomic mass is 15.2. The minimum absolute atomic E-state index is 0.0204. The van der Waals surface area contributed by atoms with Gasteiger partial charge in [-0.15, -0.1) is 0 Å². The molecule has 0 amide bonds. The fourth-order valence-corrected chi connectivity index (χ4v) is 11.7. The van der Waals surface area contributed by atoms with Crippen molar-refractivity contribution in [2.45, 2.75) is 128 Å². The highest BCUT2D eigenvalue weighted by molar-refractivity contribution is 6.13. The molecule has 2 heterocycles. The largest absolute Gasteiger partial charge is 0.348 e. The second-order valence-corrected chi connectivity index (χ2v) is 18.8. The van der Waals surface area contributed by atoms with Gasteiger partial charge in [0, 0.05) is 35.6 Å². The van der Waals surface area contributed by atoms with Gasteiger partial charge in [0.25, 0.3) is 0 Å². The molecule has 0 spiro atoms. The predicted molar refractivity (Wildman–Crippen MR) is 244 cm³/mol. The van der Waals surface area contributed by atoms with Crippen molar-refractivity contribution in [3.8, 4) is 0 Å². The first-order valence-electron chi connectivity index (χ1n) is 23.4. The normalized spacial score (nSPS) is 34.8. The van der Waals surface area contributed by atoms with Gasteiger partial charge in [-0.25, -0.2) is 9.98 Å². The van der Waals surface area contributed by atoms with Crippen LogP contribution in [0.25, 0.3) is 0 Å². The standard InChI is InChI=1S/C54H64N4/c1-4-12-37(13-5-1)40-20-27-44(28-21-40)52-56-53(45-29-22-41(23-30-45)38-14-6-2-7-15-38)58-54(57-52)46-31-25-42(26-32-46)50-36-55-51(43-17-8-3-9-18-43)35-49(50)48-33-24-39-16-10-11-19-47(39)34-48/h1,3-5,8,11-12,14,19-21,25,27,29,31,33,36-37,39,41,43-44,47,49,52H,2,6-7,9-10,13,15-18,22-24,26,28,30,32,34-35H2,(H,56,57,58). The third-order valence-corrected chi connectivity index (χ3v) is 15.3. The van der Waals surface area contributed by atoms with E-state index in [1.807, 2.05) is 0 Å². The Hall–Kier alpha value is -4.31. The molecule has 10 rings (SSSR count). The molecule has 4 nitrogen and oxygen atoms in total. The lowest BCUT2D eigenvalue weighted by Crippen LogP contribution is -2.44. The summed E-state index contributed by atoms with van der Waals surface area (Å²) in [7, 11) is 0. The Morgan fingerprint density at radius 2 is 1.57 bits per heavy atom. The van der Waals surface area contributed by atoms with Gasteiger partial charge >= 0.3 is 0 Å². The highest BCUT2D eigenvalue weighted by Gasteiger charge is 2.35. The first-order chi connectivity index (χ1) is 28.7. The summed E-state index contributed by atoms with van der Waals surface area (Å²) in [5, 5.41) is 3.91. The fourth-order valence-electron chi connectivity index (χ4n) is 11.7. The number of nitrogens with zero attached hydrogens (tertiary/aromatic N) is 3. The average molecular weight is 769 g/mol. The lowest BCUT2D eigenvalue weighted by atomic mass is 9.68. The second-order valence-electron chi connectivity index (χ2n) is 18.8. The Labute approximate surface area is 348 Å². The van der Waals surface area contributed by atoms with Crippen LogP contribution in [0.15, 0.2) is 157 Å². The molecule has 300 valence electrons. The first-order valence-corrected chi connectivity index (χ1v) is 23.4. The zero-order valence-corrected chi connectivity index (χ0v) is 34.7. The highest BCUT2D eigenvalue weighted by Crippen LogP contribution is 2.46. The van der Waals surface area contributed by atoms with Gasteiger partial charge in [0.05, 0.1) is 0 Å². The van der Waals surface area contributed by atoms with E-state index in [-0.39, 0.29) is 6.17 Å². The van der Waals surface area contributed by atoms with E-state index in [4.69, 9.17) is 15.0 Å². The van der Waals surface area contributed by atoms with Crippen molar-refractivity contribution in [2.24, 2.45) is 56.4 Å². The molecule has 0 aromatic carbocycles. The van der Waals surface area contributed by atoms with Gasteiger partial charge in [0.15, 0.2) is 5.84 Å². The van der Waals surface area contributed by atoms with E-state index in [9.17, 15) is 0 Å². The van der Waals surface area contributed by atoms with Crippen molar-refractivity contribution >= 4 is 17.4 Å². The molecule has 0 aromatic rings. The number of rotatable bonds is 8. The van der Waals surface area contributed by atoms with Gasteiger partial charge < -0.3 is 5.32 Å². The summed E-state index contributed by atoms with van der Waals surface area (Å²) in [5.41, 5.74) is 11.9. The summed E-state index contributed by atoms with van der Waals surface area (Å²) in [6, 6.07) is 0. The molecule has 8 aliphatic carbocycles. The topological polar surface area (TPSA) is 49.1 Å². The fraction of sp³-hybridized carbons (Fsp3) is 0.500. The first kappa shape index (κ1) is 37.9. The molecule has 0 radical (unpaired) electrons. The van der Waals surface area contributed by atoms with Crippen LogP contribution < -0.4 is 5.32 Å². The predicted octanol–water partition coefficient (Wildman–Crippen LogP) is 13.2. The number of hydrogen-bond donors (Lipinski definition) is 1. The Morgan fingerprint density at radius 1 is 0.621 bits per heavy atom. The molecule has 0 aromatic heterocycles. The molecule has 1 N–H and O–H groups in total. The summed E-state index contributed by atoms with van der Waals surface area (Å²) in [6.07, 6.45) is 63.4. The molecule has 4 heteroatoms. The van der Waals surface area contributed by atoms with Gasteiger partial charge in [0.2, 0.25) is 0 Å². The number of allylic oxidation sites excluding steroid dienone is 20. The lowest BCUT2D eigenvalue weighted by molar-refractivity contribution is 0.331. The summed E-state index contributed by atoms with van der Waals surface area (Å²) in [4.78, 5) is 16.1. The van der Waals surface area contributed by atoms with E-state index in [0.717, 1.165) is 69.0 Å². The van der Waals surface area contributed by atoms with Crippen LogP contribution >= 0.6 is 0 Å². The Kier molecular flexibility index (Phi) is 11.4. The maximum atomic E-state index is 5.42. The Morgan fingerprint density at radius 3 is 2.36 bits per heavy atom. The van der Waals surface area contributed by atoms with Crippen LogP contribution in [0.1, 0.15) is 122 Å². The zero-order valence-electron chi connectivity index (χ0n) is 34.7. The number of nitrogens with one attached hydrogen (secondary N) is 1. The molecule has 58 heavy (non-hydrogen) atoms. The summed E-state index contributed by atoms with van der Waals surface area (Å²) in [5.74, 6) is 6.08. The van der Waals surface area contributed by atoms with Crippen LogP contribution in [0.2, 0.25) is 0 Å². The minimum atomic E-state index is -0.0204. The Bertz CT molecular complexity index is 2090. The Balaban J connectivity index is 0.920. The molecular weight excluding hydrogens is 705 g/mol. The third kappa shape index (κ3) is 8.27. The maximum absolute atomic E-state index is 5.42. The van der Waals surface area contributed by atoms with Crippen LogP contribution in [-0.4, -0.2) is 23.5 Å². The SMILES string of the molecule is C1=CCC(C2=CCC(C3N=C(C4=CCC(C5=CCCCC5)CC4)N=C(C4=CC=C(C5=CN=C(C6CC=CCC6)CC5C5=CCC6CCC=CC6C5)CC4)N3)C=C2)C=C1. The van der Waals surface area contributed by atoms with E-state index in [1.54, 1.807) is 11.1 Å². The number of aliphatic imine (C=N–C) groups is 3. The van der Waals surface area contributed by atoms with Gasteiger partial charge in [-0.1, -0.05) is 108 Å². The van der Waals surface area contributed by atoms with Gasteiger partial charge in [-0.2, -0.15) is 0 Å². The van der Waals surface area contributed by atoms with Gasteiger partial charge in [-0.05, 0) is 168 Å². The van der Waals surface area contributed by atoms with Gasteiger partial charge in [-0.3, -0.25) is 4.99 Å². The molecular formula is C54H64N4. The van der Waals surface area contributed by atoms with Crippen molar-refractivity contribution in [1.29, 1.82) is 0 Å².